The second kappa shape index (κ2) is 6.52. The van der Waals surface area contributed by atoms with Crippen LogP contribution in [0.4, 0.5) is 0 Å². The molecule has 1 aromatic carbocycles. The van der Waals surface area contributed by atoms with E-state index in [2.05, 4.69) is 0 Å². The minimum Gasteiger partial charge on any atom is -0.494 e. The number of aliphatic carboxylic acids is 1. The third-order valence-electron chi connectivity index (χ3n) is 2.15. The number of rotatable bonds is 7. The monoisotopic (exact) mass is 238 g/mol. The summed E-state index contributed by atoms with van der Waals surface area (Å²) in [5.41, 5.74) is 0.211. The average molecular weight is 238 g/mol. The van der Waals surface area contributed by atoms with Crippen LogP contribution < -0.4 is 4.74 Å². The van der Waals surface area contributed by atoms with E-state index in [0.29, 0.717) is 25.2 Å². The number of carbonyl (C=O) groups is 2. The molecule has 0 unspecified atom stereocenters. The number of unbranched alkanes of at least 4 members (excludes halogenated alkanes) is 1. The number of carboxylic acid groups (broad SMARTS) is 2. The minimum absolute atomic E-state index is 0.140. The Morgan fingerprint density at radius 1 is 1.06 bits per heavy atom. The number of ether oxygens (including phenoxy) is 1. The van der Waals surface area contributed by atoms with Crippen molar-refractivity contribution in [3.63, 3.8) is 0 Å². The first-order valence-electron chi connectivity index (χ1n) is 5.27. The van der Waals surface area contributed by atoms with Crippen LogP contribution in [-0.2, 0) is 4.79 Å². The van der Waals surface area contributed by atoms with Crippen molar-refractivity contribution in [1.29, 1.82) is 0 Å². The zero-order valence-corrected chi connectivity index (χ0v) is 9.26. The highest BCUT2D eigenvalue weighted by Crippen LogP contribution is 2.12. The molecule has 0 spiro atoms. The molecule has 0 aromatic heterocycles. The van der Waals surface area contributed by atoms with Crippen LogP contribution in [0.1, 0.15) is 29.6 Å². The first-order valence-corrected chi connectivity index (χ1v) is 5.27. The van der Waals surface area contributed by atoms with Gasteiger partial charge in [0.1, 0.15) is 5.75 Å². The highest BCUT2D eigenvalue weighted by atomic mass is 16.5. The van der Waals surface area contributed by atoms with Crippen molar-refractivity contribution < 1.29 is 24.5 Å². The topological polar surface area (TPSA) is 83.8 Å². The number of benzene rings is 1. The molecule has 92 valence electrons. The van der Waals surface area contributed by atoms with Crippen molar-refractivity contribution in [2.45, 2.75) is 19.3 Å². The third-order valence-corrected chi connectivity index (χ3v) is 2.15. The first kappa shape index (κ1) is 13.0. The van der Waals surface area contributed by atoms with Gasteiger partial charge in [-0.05, 0) is 37.1 Å². The molecular formula is C12H14O5. The Bertz CT molecular complexity index is 382. The maximum Gasteiger partial charge on any atom is 0.335 e. The summed E-state index contributed by atoms with van der Waals surface area (Å²) in [5, 5.41) is 17.1. The second-order valence-electron chi connectivity index (χ2n) is 3.53. The lowest BCUT2D eigenvalue weighted by molar-refractivity contribution is -0.137. The molecule has 0 fully saturated rings. The lowest BCUT2D eigenvalue weighted by atomic mass is 10.2. The molecule has 0 atom stereocenters. The van der Waals surface area contributed by atoms with Gasteiger partial charge in [-0.1, -0.05) is 0 Å². The molecule has 0 heterocycles. The standard InChI is InChI=1S/C12H14O5/c13-11(14)3-1-2-8-17-10-6-4-9(5-7-10)12(15)16/h4-7H,1-3,8H2,(H,13,14)(H,15,16). The van der Waals surface area contributed by atoms with E-state index in [1.807, 2.05) is 0 Å². The van der Waals surface area contributed by atoms with E-state index in [9.17, 15) is 9.59 Å². The maximum absolute atomic E-state index is 10.6. The highest BCUT2D eigenvalue weighted by Gasteiger charge is 2.02. The molecule has 5 nitrogen and oxygen atoms in total. The lowest BCUT2D eigenvalue weighted by Crippen LogP contribution is -2.01. The van der Waals surface area contributed by atoms with Crippen molar-refractivity contribution in [3.8, 4) is 5.75 Å². The summed E-state index contributed by atoms with van der Waals surface area (Å²) < 4.78 is 5.34. The molecular weight excluding hydrogens is 224 g/mol. The number of aromatic carboxylic acids is 1. The average Bonchev–Trinajstić information content (AvgIpc) is 2.29. The van der Waals surface area contributed by atoms with Crippen LogP contribution in [0.15, 0.2) is 24.3 Å². The van der Waals surface area contributed by atoms with Crippen molar-refractivity contribution in [2.24, 2.45) is 0 Å². The van der Waals surface area contributed by atoms with Gasteiger partial charge >= 0.3 is 11.9 Å². The number of hydrogen-bond acceptors (Lipinski definition) is 3. The van der Waals surface area contributed by atoms with E-state index in [1.54, 1.807) is 12.1 Å². The van der Waals surface area contributed by atoms with Gasteiger partial charge in [0.15, 0.2) is 0 Å². The Hall–Kier alpha value is -2.04. The molecule has 0 aliphatic heterocycles. The molecule has 5 heteroatoms. The Morgan fingerprint density at radius 3 is 2.24 bits per heavy atom. The van der Waals surface area contributed by atoms with Crippen LogP contribution in [0.3, 0.4) is 0 Å². The fraction of sp³-hybridized carbons (Fsp3) is 0.333. The largest absolute Gasteiger partial charge is 0.494 e. The predicted octanol–water partition coefficient (Wildman–Crippen LogP) is 2.02. The van der Waals surface area contributed by atoms with Gasteiger partial charge in [0.2, 0.25) is 0 Å². The van der Waals surface area contributed by atoms with E-state index >= 15 is 0 Å². The van der Waals surface area contributed by atoms with Gasteiger partial charge in [0.25, 0.3) is 0 Å². The first-order chi connectivity index (χ1) is 8.09. The zero-order valence-electron chi connectivity index (χ0n) is 9.26. The van der Waals surface area contributed by atoms with Gasteiger partial charge in [-0.25, -0.2) is 4.79 Å². The molecule has 1 rings (SSSR count). The molecule has 0 aliphatic carbocycles. The molecule has 0 bridgehead atoms. The number of hydrogen-bond donors (Lipinski definition) is 2. The van der Waals surface area contributed by atoms with Crippen molar-refractivity contribution >= 4 is 11.9 Å². The Morgan fingerprint density at radius 2 is 1.71 bits per heavy atom. The molecule has 0 saturated carbocycles. The molecule has 0 radical (unpaired) electrons. The zero-order chi connectivity index (χ0) is 12.7. The fourth-order valence-corrected chi connectivity index (χ4v) is 1.26. The quantitative estimate of drug-likeness (QED) is 0.710. The summed E-state index contributed by atoms with van der Waals surface area (Å²) in [6.45, 7) is 0.430. The van der Waals surface area contributed by atoms with E-state index in [4.69, 9.17) is 14.9 Å². The fourth-order valence-electron chi connectivity index (χ4n) is 1.26. The van der Waals surface area contributed by atoms with Crippen molar-refractivity contribution in [3.05, 3.63) is 29.8 Å². The molecule has 0 amide bonds. The van der Waals surface area contributed by atoms with Crippen molar-refractivity contribution in [1.82, 2.24) is 0 Å². The van der Waals surface area contributed by atoms with E-state index < -0.39 is 11.9 Å². The minimum atomic E-state index is -0.974. The molecule has 0 aliphatic rings. The van der Waals surface area contributed by atoms with E-state index in [-0.39, 0.29) is 12.0 Å². The lowest BCUT2D eigenvalue weighted by Gasteiger charge is -2.05. The van der Waals surface area contributed by atoms with E-state index in [1.165, 1.54) is 12.1 Å². The summed E-state index contributed by atoms with van der Waals surface area (Å²) in [6.07, 6.45) is 1.37. The summed E-state index contributed by atoms with van der Waals surface area (Å²) in [6, 6.07) is 6.10. The van der Waals surface area contributed by atoms with Gasteiger partial charge in [0, 0.05) is 6.42 Å². The van der Waals surface area contributed by atoms with Crippen molar-refractivity contribution in [2.75, 3.05) is 6.61 Å². The summed E-state index contributed by atoms with van der Waals surface area (Å²) in [4.78, 5) is 20.8. The predicted molar refractivity (Wildman–Crippen MR) is 60.4 cm³/mol. The molecule has 17 heavy (non-hydrogen) atoms. The van der Waals surface area contributed by atoms with Crippen LogP contribution >= 0.6 is 0 Å². The van der Waals surface area contributed by atoms with Gasteiger partial charge < -0.3 is 14.9 Å². The van der Waals surface area contributed by atoms with Crippen LogP contribution in [-0.4, -0.2) is 28.8 Å². The molecule has 1 aromatic rings. The van der Waals surface area contributed by atoms with Crippen LogP contribution in [0.5, 0.6) is 5.75 Å². The molecule has 2 N–H and O–H groups in total. The van der Waals surface area contributed by atoms with Crippen LogP contribution in [0, 0.1) is 0 Å². The van der Waals surface area contributed by atoms with Crippen LogP contribution in [0.25, 0.3) is 0 Å². The smallest absolute Gasteiger partial charge is 0.335 e. The summed E-state index contributed by atoms with van der Waals surface area (Å²) >= 11 is 0. The third kappa shape index (κ3) is 5.01. The van der Waals surface area contributed by atoms with Gasteiger partial charge in [0.05, 0.1) is 12.2 Å². The summed E-state index contributed by atoms with van der Waals surface area (Å²) in [5.74, 6) is -1.20. The maximum atomic E-state index is 10.6. The summed E-state index contributed by atoms with van der Waals surface area (Å²) in [7, 11) is 0. The van der Waals surface area contributed by atoms with Gasteiger partial charge in [-0.15, -0.1) is 0 Å². The van der Waals surface area contributed by atoms with Crippen LogP contribution in [0.2, 0.25) is 0 Å². The van der Waals surface area contributed by atoms with E-state index in [0.717, 1.165) is 0 Å². The van der Waals surface area contributed by atoms with Gasteiger partial charge in [-0.2, -0.15) is 0 Å². The normalized spacial score (nSPS) is 9.88. The SMILES string of the molecule is O=C(O)CCCCOc1ccc(C(=O)O)cc1. The second-order valence-corrected chi connectivity index (χ2v) is 3.53. The van der Waals surface area contributed by atoms with Gasteiger partial charge in [-0.3, -0.25) is 4.79 Å². The highest BCUT2D eigenvalue weighted by molar-refractivity contribution is 5.87. The molecule has 0 saturated heterocycles. The Balaban J connectivity index is 2.27. The number of carboxylic acids is 2. The Kier molecular flexibility index (Phi) is 5.00. The Labute approximate surface area is 98.6 Å².